The highest BCUT2D eigenvalue weighted by atomic mass is 79.9. The molecule has 34 heavy (non-hydrogen) atoms. The molecule has 0 aliphatic carbocycles. The Balaban J connectivity index is 2.13. The summed E-state index contributed by atoms with van der Waals surface area (Å²) in [6.45, 7) is 6.01. The van der Waals surface area contributed by atoms with Crippen LogP contribution in [0.3, 0.4) is 0 Å². The van der Waals surface area contributed by atoms with Gasteiger partial charge in [0.05, 0.1) is 35.1 Å². The number of rotatable bonds is 8. The Morgan fingerprint density at radius 1 is 0.912 bits per heavy atom. The molecule has 0 aliphatic heterocycles. The van der Waals surface area contributed by atoms with Crippen LogP contribution in [0.5, 0.6) is 17.2 Å². The Morgan fingerprint density at radius 3 is 2.12 bits per heavy atom. The third-order valence-corrected chi connectivity index (χ3v) is 6.61. The zero-order valence-electron chi connectivity index (χ0n) is 19.7. The van der Waals surface area contributed by atoms with E-state index in [9.17, 15) is 9.59 Å². The number of halogens is 2. The molecule has 178 valence electrons. The first-order valence-electron chi connectivity index (χ1n) is 10.7. The van der Waals surface area contributed by atoms with E-state index >= 15 is 0 Å². The molecule has 3 rings (SSSR count). The lowest BCUT2D eigenvalue weighted by molar-refractivity contribution is -0.139. The van der Waals surface area contributed by atoms with Crippen LogP contribution in [-0.2, 0) is 16.0 Å². The number of hydrogen-bond acceptors (Lipinski definition) is 5. The van der Waals surface area contributed by atoms with Crippen LogP contribution in [0.4, 0.5) is 0 Å². The fraction of sp³-hybridized carbons (Fsp3) is 0.259. The normalized spacial score (nSPS) is 10.8. The minimum atomic E-state index is -0.338. The average Bonchev–Trinajstić information content (AvgIpc) is 2.80. The number of hydrogen-bond donors (Lipinski definition) is 0. The van der Waals surface area contributed by atoms with Gasteiger partial charge in [-0.3, -0.25) is 9.59 Å². The van der Waals surface area contributed by atoms with E-state index in [1.807, 2.05) is 31.2 Å². The number of esters is 1. The fourth-order valence-electron chi connectivity index (χ4n) is 3.60. The van der Waals surface area contributed by atoms with Crippen LogP contribution >= 0.6 is 31.9 Å². The molecule has 0 amide bonds. The first-order valence-corrected chi connectivity index (χ1v) is 12.3. The molecular weight excluding hydrogens is 564 g/mol. The fourth-order valence-corrected chi connectivity index (χ4v) is 5.04. The Morgan fingerprint density at radius 2 is 1.56 bits per heavy atom. The quantitative estimate of drug-likeness (QED) is 0.202. The van der Waals surface area contributed by atoms with Gasteiger partial charge in [-0.1, -0.05) is 38.1 Å². The molecule has 0 atom stereocenters. The van der Waals surface area contributed by atoms with Crippen LogP contribution in [-0.4, -0.2) is 26.0 Å². The summed E-state index contributed by atoms with van der Waals surface area (Å²) in [4.78, 5) is 25.3. The van der Waals surface area contributed by atoms with Crippen molar-refractivity contribution >= 4 is 43.6 Å². The van der Waals surface area contributed by atoms with Gasteiger partial charge in [0.1, 0.15) is 11.5 Å². The van der Waals surface area contributed by atoms with Crippen molar-refractivity contribution in [1.82, 2.24) is 0 Å². The second-order valence-electron chi connectivity index (χ2n) is 8.13. The van der Waals surface area contributed by atoms with Crippen molar-refractivity contribution < 1.29 is 23.8 Å². The van der Waals surface area contributed by atoms with E-state index in [0.717, 1.165) is 16.7 Å². The number of benzene rings is 3. The van der Waals surface area contributed by atoms with Crippen molar-refractivity contribution in [3.8, 4) is 17.2 Å². The second kappa shape index (κ2) is 11.2. The predicted molar refractivity (Wildman–Crippen MR) is 139 cm³/mol. The van der Waals surface area contributed by atoms with E-state index < -0.39 is 0 Å². The molecule has 5 nitrogen and oxygen atoms in total. The SMILES string of the molecule is COC(=O)Cc1cc(Br)c(Oc2cc(C(C)C)c(OC)cc2C(=O)c2ccccc2C)c(Br)c1. The van der Waals surface area contributed by atoms with Gasteiger partial charge >= 0.3 is 5.97 Å². The highest BCUT2D eigenvalue weighted by Crippen LogP contribution is 2.42. The summed E-state index contributed by atoms with van der Waals surface area (Å²) in [5.41, 5.74) is 3.55. The summed E-state index contributed by atoms with van der Waals surface area (Å²) < 4.78 is 18.0. The van der Waals surface area contributed by atoms with E-state index in [1.54, 1.807) is 31.4 Å². The van der Waals surface area contributed by atoms with Gasteiger partial charge in [-0.15, -0.1) is 0 Å². The number of carbonyl (C=O) groups is 2. The Hall–Kier alpha value is -2.64. The first-order chi connectivity index (χ1) is 16.2. The maximum Gasteiger partial charge on any atom is 0.309 e. The van der Waals surface area contributed by atoms with Crippen LogP contribution in [0.25, 0.3) is 0 Å². The average molecular weight is 590 g/mol. The lowest BCUT2D eigenvalue weighted by atomic mass is 9.94. The van der Waals surface area contributed by atoms with Crippen LogP contribution in [0, 0.1) is 6.92 Å². The summed E-state index contributed by atoms with van der Waals surface area (Å²) in [7, 11) is 2.95. The molecule has 0 radical (unpaired) electrons. The summed E-state index contributed by atoms with van der Waals surface area (Å²) in [5, 5.41) is 0. The maximum absolute atomic E-state index is 13.6. The Bertz CT molecular complexity index is 1210. The number of carbonyl (C=O) groups excluding carboxylic acids is 2. The summed E-state index contributed by atoms with van der Waals surface area (Å²) in [5.74, 6) is 1.19. The summed E-state index contributed by atoms with van der Waals surface area (Å²) in [6, 6.07) is 14.6. The highest BCUT2D eigenvalue weighted by Gasteiger charge is 2.23. The largest absolute Gasteiger partial charge is 0.496 e. The number of aryl methyl sites for hydroxylation is 1. The van der Waals surface area contributed by atoms with Gasteiger partial charge in [-0.2, -0.15) is 0 Å². The molecule has 0 saturated carbocycles. The number of ketones is 1. The van der Waals surface area contributed by atoms with Gasteiger partial charge in [-0.05, 0) is 80.1 Å². The zero-order chi connectivity index (χ0) is 25.0. The van der Waals surface area contributed by atoms with Crippen LogP contribution in [0.2, 0.25) is 0 Å². The van der Waals surface area contributed by atoms with Gasteiger partial charge in [0, 0.05) is 11.1 Å². The molecule has 0 spiro atoms. The van der Waals surface area contributed by atoms with E-state index in [4.69, 9.17) is 14.2 Å². The molecule has 0 N–H and O–H groups in total. The molecule has 0 heterocycles. The first kappa shape index (κ1) is 26.0. The van der Waals surface area contributed by atoms with Gasteiger partial charge in [0.2, 0.25) is 0 Å². The van der Waals surface area contributed by atoms with Gasteiger partial charge in [-0.25, -0.2) is 0 Å². The van der Waals surface area contributed by atoms with Gasteiger partial charge in [0.25, 0.3) is 0 Å². The molecule has 0 fully saturated rings. The third kappa shape index (κ3) is 5.70. The van der Waals surface area contributed by atoms with Gasteiger partial charge in [0.15, 0.2) is 11.5 Å². The smallest absolute Gasteiger partial charge is 0.309 e. The van der Waals surface area contributed by atoms with E-state index in [2.05, 4.69) is 45.7 Å². The van der Waals surface area contributed by atoms with E-state index in [0.29, 0.717) is 37.3 Å². The zero-order valence-corrected chi connectivity index (χ0v) is 22.9. The minimum Gasteiger partial charge on any atom is -0.496 e. The van der Waals surface area contributed by atoms with E-state index in [1.165, 1.54) is 7.11 Å². The minimum absolute atomic E-state index is 0.130. The second-order valence-corrected chi connectivity index (χ2v) is 9.84. The van der Waals surface area contributed by atoms with Crippen molar-refractivity contribution in [2.75, 3.05) is 14.2 Å². The lowest BCUT2D eigenvalue weighted by Gasteiger charge is -2.19. The van der Waals surface area contributed by atoms with Crippen molar-refractivity contribution in [1.29, 1.82) is 0 Å². The number of ether oxygens (including phenoxy) is 3. The van der Waals surface area contributed by atoms with E-state index in [-0.39, 0.29) is 24.1 Å². The maximum atomic E-state index is 13.6. The summed E-state index contributed by atoms with van der Waals surface area (Å²) in [6.07, 6.45) is 0.130. The molecule has 0 aliphatic rings. The molecular formula is C27H26Br2O5. The van der Waals surface area contributed by atoms with Crippen molar-refractivity contribution in [3.63, 3.8) is 0 Å². The Labute approximate surface area is 216 Å². The molecule has 0 unspecified atom stereocenters. The molecule has 7 heteroatoms. The highest BCUT2D eigenvalue weighted by molar-refractivity contribution is 9.11. The standard InChI is InChI=1S/C27H26Br2O5/c1-15(2)19-13-24(34-27-21(28)10-17(11-22(27)29)12-25(30)33-5)20(14-23(19)32-4)26(31)18-9-7-6-8-16(18)3/h6-11,13-15H,12H2,1-5H3. The monoisotopic (exact) mass is 588 g/mol. The van der Waals surface area contributed by atoms with Crippen LogP contribution in [0.1, 0.15) is 52.4 Å². The number of methoxy groups -OCH3 is 2. The van der Waals surface area contributed by atoms with Crippen LogP contribution < -0.4 is 9.47 Å². The molecule has 0 bridgehead atoms. The molecule has 0 aromatic heterocycles. The van der Waals surface area contributed by atoms with Gasteiger partial charge < -0.3 is 14.2 Å². The van der Waals surface area contributed by atoms with Crippen molar-refractivity contribution in [3.05, 3.63) is 85.3 Å². The predicted octanol–water partition coefficient (Wildman–Crippen LogP) is 7.39. The van der Waals surface area contributed by atoms with Crippen molar-refractivity contribution in [2.24, 2.45) is 0 Å². The topological polar surface area (TPSA) is 61.8 Å². The van der Waals surface area contributed by atoms with Crippen molar-refractivity contribution in [2.45, 2.75) is 33.1 Å². The molecule has 3 aromatic carbocycles. The van der Waals surface area contributed by atoms with Crippen LogP contribution in [0.15, 0.2) is 57.5 Å². The molecule has 3 aromatic rings. The lowest BCUT2D eigenvalue weighted by Crippen LogP contribution is -2.08. The molecule has 0 saturated heterocycles. The summed E-state index contributed by atoms with van der Waals surface area (Å²) >= 11 is 7.09. The third-order valence-electron chi connectivity index (χ3n) is 5.43. The Kier molecular flexibility index (Phi) is 8.55.